The van der Waals surface area contributed by atoms with Crippen LogP contribution >= 0.6 is 0 Å². The zero-order chi connectivity index (χ0) is 19.0. The Labute approximate surface area is 155 Å². The minimum Gasteiger partial charge on any atom is -0.505 e. The molecule has 0 radical (unpaired) electrons. The third-order valence-electron chi connectivity index (χ3n) is 4.55. The molecule has 0 saturated heterocycles. The van der Waals surface area contributed by atoms with Crippen LogP contribution in [0.2, 0.25) is 0 Å². The number of carboxylic acids is 1. The summed E-state index contributed by atoms with van der Waals surface area (Å²) in [5, 5.41) is 31.6. The van der Waals surface area contributed by atoms with Crippen LogP contribution in [0, 0.1) is 6.92 Å². The summed E-state index contributed by atoms with van der Waals surface area (Å²) in [6, 6.07) is 19.9. The van der Waals surface area contributed by atoms with Crippen molar-refractivity contribution in [2.24, 2.45) is 10.2 Å². The van der Waals surface area contributed by atoms with E-state index in [1.165, 1.54) is 0 Å². The predicted molar refractivity (Wildman–Crippen MR) is 105 cm³/mol. The molecule has 27 heavy (non-hydrogen) atoms. The molecule has 5 heteroatoms. The fraction of sp³-hybridized carbons (Fsp3) is 0.0455. The molecule has 5 nitrogen and oxygen atoms in total. The van der Waals surface area contributed by atoms with E-state index in [0.29, 0.717) is 22.1 Å². The van der Waals surface area contributed by atoms with E-state index in [0.717, 1.165) is 16.3 Å². The highest BCUT2D eigenvalue weighted by molar-refractivity contribution is 5.99. The number of rotatable bonds is 3. The maximum Gasteiger partial charge on any atom is 0.335 e. The smallest absolute Gasteiger partial charge is 0.335 e. The number of benzene rings is 4. The zero-order valence-corrected chi connectivity index (χ0v) is 14.5. The second-order valence-corrected chi connectivity index (χ2v) is 6.33. The van der Waals surface area contributed by atoms with E-state index in [9.17, 15) is 15.0 Å². The topological polar surface area (TPSA) is 82.2 Å². The van der Waals surface area contributed by atoms with Crippen LogP contribution in [-0.4, -0.2) is 16.2 Å². The molecule has 4 aromatic carbocycles. The van der Waals surface area contributed by atoms with Crippen LogP contribution in [0.1, 0.15) is 15.9 Å². The highest BCUT2D eigenvalue weighted by Crippen LogP contribution is 2.39. The van der Waals surface area contributed by atoms with Gasteiger partial charge in [-0.15, -0.1) is 10.2 Å². The van der Waals surface area contributed by atoms with Gasteiger partial charge in [0, 0.05) is 10.8 Å². The summed E-state index contributed by atoms with van der Waals surface area (Å²) in [5.74, 6) is -0.910. The Balaban J connectivity index is 1.85. The molecule has 0 amide bonds. The number of aromatic hydroxyl groups is 1. The van der Waals surface area contributed by atoms with Crippen LogP contribution in [0.3, 0.4) is 0 Å². The van der Waals surface area contributed by atoms with Gasteiger partial charge in [-0.3, -0.25) is 0 Å². The Bertz CT molecular complexity index is 1230. The summed E-state index contributed by atoms with van der Waals surface area (Å²) in [7, 11) is 0. The van der Waals surface area contributed by atoms with Gasteiger partial charge < -0.3 is 10.2 Å². The first-order chi connectivity index (χ1) is 13.0. The number of carboxylic acid groups (broad SMARTS) is 1. The summed E-state index contributed by atoms with van der Waals surface area (Å²) in [6.45, 7) is 1.87. The normalized spacial score (nSPS) is 11.4. The van der Waals surface area contributed by atoms with Crippen LogP contribution in [0.5, 0.6) is 5.75 Å². The Morgan fingerprint density at radius 1 is 0.852 bits per heavy atom. The van der Waals surface area contributed by atoms with Gasteiger partial charge in [-0.25, -0.2) is 4.79 Å². The number of hydrogen-bond acceptors (Lipinski definition) is 4. The second kappa shape index (κ2) is 6.53. The second-order valence-electron chi connectivity index (χ2n) is 6.33. The van der Waals surface area contributed by atoms with Gasteiger partial charge in [0.2, 0.25) is 0 Å². The van der Waals surface area contributed by atoms with Crippen molar-refractivity contribution in [3.63, 3.8) is 0 Å². The number of aromatic carboxylic acids is 1. The molecule has 4 aromatic rings. The van der Waals surface area contributed by atoms with E-state index in [4.69, 9.17) is 0 Å². The highest BCUT2D eigenvalue weighted by atomic mass is 16.4. The molecule has 0 aliphatic rings. The molecule has 0 unspecified atom stereocenters. The zero-order valence-electron chi connectivity index (χ0n) is 14.5. The Kier molecular flexibility index (Phi) is 4.05. The van der Waals surface area contributed by atoms with E-state index in [-0.39, 0.29) is 11.3 Å². The number of fused-ring (bicyclic) bond motifs is 2. The van der Waals surface area contributed by atoms with E-state index in [1.807, 2.05) is 49.4 Å². The van der Waals surface area contributed by atoms with Gasteiger partial charge in [-0.05, 0) is 47.5 Å². The fourth-order valence-corrected chi connectivity index (χ4v) is 3.16. The number of azo groups is 1. The molecule has 0 aromatic heterocycles. The minimum absolute atomic E-state index is 0.0841. The Morgan fingerprint density at radius 2 is 1.63 bits per heavy atom. The van der Waals surface area contributed by atoms with E-state index >= 15 is 0 Å². The lowest BCUT2D eigenvalue weighted by molar-refractivity contribution is 0.0697. The number of nitrogens with zero attached hydrogens (tertiary/aromatic N) is 2. The molecule has 132 valence electrons. The van der Waals surface area contributed by atoms with Crippen LogP contribution in [0.25, 0.3) is 21.5 Å². The Hall–Kier alpha value is -3.73. The summed E-state index contributed by atoms with van der Waals surface area (Å²) >= 11 is 0. The predicted octanol–water partition coefficient (Wildman–Crippen LogP) is 6.12. The molecular weight excluding hydrogens is 340 g/mol. The number of carbonyl (C=O) groups is 1. The molecule has 0 bridgehead atoms. The quantitative estimate of drug-likeness (QED) is 0.434. The fourth-order valence-electron chi connectivity index (χ4n) is 3.16. The molecule has 0 aliphatic heterocycles. The van der Waals surface area contributed by atoms with Crippen LogP contribution in [-0.2, 0) is 0 Å². The average Bonchev–Trinajstić information content (AvgIpc) is 2.67. The molecule has 0 heterocycles. The molecular formula is C22H16N2O3. The van der Waals surface area contributed by atoms with Crippen molar-refractivity contribution >= 4 is 38.9 Å². The monoisotopic (exact) mass is 356 g/mol. The van der Waals surface area contributed by atoms with Crippen molar-refractivity contribution in [3.8, 4) is 5.75 Å². The van der Waals surface area contributed by atoms with Gasteiger partial charge in [-0.2, -0.15) is 0 Å². The largest absolute Gasteiger partial charge is 0.505 e. The molecule has 0 aliphatic carbocycles. The van der Waals surface area contributed by atoms with Crippen molar-refractivity contribution in [2.45, 2.75) is 6.92 Å². The van der Waals surface area contributed by atoms with E-state index < -0.39 is 5.97 Å². The first-order valence-corrected chi connectivity index (χ1v) is 8.44. The summed E-state index contributed by atoms with van der Waals surface area (Å²) in [6.07, 6.45) is 0. The van der Waals surface area contributed by atoms with Gasteiger partial charge in [0.15, 0.2) is 5.75 Å². The first kappa shape index (κ1) is 16.7. The number of phenolic OH excluding ortho intramolecular Hbond substituents is 1. The van der Waals surface area contributed by atoms with Gasteiger partial charge in [0.05, 0.1) is 11.3 Å². The summed E-state index contributed by atoms with van der Waals surface area (Å²) in [4.78, 5) is 11.3. The van der Waals surface area contributed by atoms with Crippen molar-refractivity contribution in [1.29, 1.82) is 0 Å². The number of aryl methyl sites for hydroxylation is 1. The average molecular weight is 356 g/mol. The number of hydrogen-bond donors (Lipinski definition) is 2. The van der Waals surface area contributed by atoms with E-state index in [2.05, 4.69) is 10.2 Å². The van der Waals surface area contributed by atoms with Crippen molar-refractivity contribution in [2.75, 3.05) is 0 Å². The first-order valence-electron chi connectivity index (χ1n) is 8.44. The molecule has 0 atom stereocenters. The maximum atomic E-state index is 11.3. The van der Waals surface area contributed by atoms with Gasteiger partial charge in [-0.1, -0.05) is 42.5 Å². The standard InChI is InChI=1S/C22H16N2O3/c1-13-11-15-5-2-3-7-17(15)21(25)20(13)24-23-19-8-4-6-14-9-10-16(22(26)27)12-18(14)19/h2-12,25H,1H3,(H,26,27)/b24-23+. The van der Waals surface area contributed by atoms with Gasteiger partial charge in [0.25, 0.3) is 0 Å². The van der Waals surface area contributed by atoms with Crippen LogP contribution < -0.4 is 0 Å². The highest BCUT2D eigenvalue weighted by Gasteiger charge is 2.11. The van der Waals surface area contributed by atoms with E-state index in [1.54, 1.807) is 24.3 Å². The third kappa shape index (κ3) is 3.00. The number of phenols is 1. The third-order valence-corrected chi connectivity index (χ3v) is 4.55. The molecule has 0 spiro atoms. The maximum absolute atomic E-state index is 11.3. The van der Waals surface area contributed by atoms with Crippen molar-refractivity contribution in [3.05, 3.63) is 77.9 Å². The lowest BCUT2D eigenvalue weighted by atomic mass is 10.0. The summed E-state index contributed by atoms with van der Waals surface area (Å²) < 4.78 is 0. The van der Waals surface area contributed by atoms with Crippen LogP contribution in [0.4, 0.5) is 11.4 Å². The van der Waals surface area contributed by atoms with Gasteiger partial charge in [0.1, 0.15) is 5.69 Å². The molecule has 4 rings (SSSR count). The lowest BCUT2D eigenvalue weighted by Crippen LogP contribution is -1.95. The Morgan fingerprint density at radius 3 is 2.44 bits per heavy atom. The van der Waals surface area contributed by atoms with Crippen molar-refractivity contribution < 1.29 is 15.0 Å². The minimum atomic E-state index is -0.994. The van der Waals surface area contributed by atoms with Crippen molar-refractivity contribution in [1.82, 2.24) is 0 Å². The lowest BCUT2D eigenvalue weighted by Gasteiger charge is -2.07. The SMILES string of the molecule is Cc1cc2ccccc2c(O)c1/N=N/c1cccc2ccc(C(=O)O)cc12. The van der Waals surface area contributed by atoms with Gasteiger partial charge >= 0.3 is 5.97 Å². The summed E-state index contributed by atoms with van der Waals surface area (Å²) in [5.41, 5.74) is 1.94. The molecule has 0 fully saturated rings. The molecule has 0 saturated carbocycles. The molecule has 2 N–H and O–H groups in total. The van der Waals surface area contributed by atoms with Crippen LogP contribution in [0.15, 0.2) is 77.0 Å².